The van der Waals surface area contributed by atoms with Crippen LogP contribution in [0, 0.1) is 17.8 Å². The van der Waals surface area contributed by atoms with Crippen molar-refractivity contribution in [2.45, 2.75) is 83.1 Å². The second kappa shape index (κ2) is 17.7. The third-order valence-electron chi connectivity index (χ3n) is 10.8. The Morgan fingerprint density at radius 2 is 1.41 bits per heavy atom. The number of nitrogens with one attached hydrogen (secondary N) is 4. The van der Waals surface area contributed by atoms with Crippen LogP contribution in [0.4, 0.5) is 9.59 Å². The van der Waals surface area contributed by atoms with Gasteiger partial charge in [-0.2, -0.15) is 0 Å². The molecular weight excluding hydrogens is 716 g/mol. The number of hydrogen-bond donors (Lipinski definition) is 4. The smallest absolute Gasteiger partial charge is 0.407 e. The topological polar surface area (TPSA) is 184 Å². The molecule has 0 unspecified atom stereocenters. The summed E-state index contributed by atoms with van der Waals surface area (Å²) in [6.07, 6.45) is 3.76. The Bertz CT molecular complexity index is 2100. The van der Waals surface area contributed by atoms with Crippen LogP contribution in [0.1, 0.15) is 87.7 Å². The molecule has 15 heteroatoms. The predicted molar refractivity (Wildman–Crippen MR) is 208 cm³/mol. The predicted octanol–water partition coefficient (Wildman–Crippen LogP) is 5.21. The maximum absolute atomic E-state index is 13.7. The average molecular weight is 767 g/mol. The number of amides is 4. The molecule has 2 saturated heterocycles. The Morgan fingerprint density at radius 1 is 0.821 bits per heavy atom. The monoisotopic (exact) mass is 766 g/mol. The quantitative estimate of drug-likeness (QED) is 0.149. The van der Waals surface area contributed by atoms with Gasteiger partial charge in [0.15, 0.2) is 0 Å². The molecule has 56 heavy (non-hydrogen) atoms. The SMILES string of the molecule is CC[C@H](C)[C@H](NC(=O)OC)C(=O)N1CCC[C@H]1c1ncc(-c2ccc(C#Cc3ccc4nc([C@@H]5CCCN5C(=O)[C@@H](NC(=O)OC)[C@@H](C)OC)[nH]c4c3)cc2)[nH]1. The highest BCUT2D eigenvalue weighted by molar-refractivity contribution is 5.87. The second-order valence-corrected chi connectivity index (χ2v) is 14.3. The van der Waals surface area contributed by atoms with Crippen LogP contribution >= 0.6 is 0 Å². The summed E-state index contributed by atoms with van der Waals surface area (Å²) in [5.41, 5.74) is 4.98. The number of aromatic amines is 2. The van der Waals surface area contributed by atoms with Crippen LogP contribution in [0.5, 0.6) is 0 Å². The molecule has 2 aromatic heterocycles. The third kappa shape index (κ3) is 8.65. The fraction of sp³-hybridized carbons (Fsp3) is 0.463. The minimum atomic E-state index is -0.905. The number of likely N-dealkylation sites (tertiary alicyclic amines) is 2. The van der Waals surface area contributed by atoms with Crippen molar-refractivity contribution in [1.82, 2.24) is 40.4 Å². The van der Waals surface area contributed by atoms with Crippen molar-refractivity contribution in [3.05, 3.63) is 71.4 Å². The number of ether oxygens (including phenoxy) is 3. The van der Waals surface area contributed by atoms with E-state index in [1.807, 2.05) is 61.2 Å². The van der Waals surface area contributed by atoms with Gasteiger partial charge in [0.2, 0.25) is 11.8 Å². The van der Waals surface area contributed by atoms with E-state index in [9.17, 15) is 19.2 Å². The van der Waals surface area contributed by atoms with E-state index in [2.05, 4.69) is 37.4 Å². The van der Waals surface area contributed by atoms with E-state index in [1.165, 1.54) is 21.3 Å². The molecular formula is C41H50N8O7. The Morgan fingerprint density at radius 3 is 2.04 bits per heavy atom. The molecule has 0 spiro atoms. The van der Waals surface area contributed by atoms with Gasteiger partial charge in [-0.1, -0.05) is 44.2 Å². The summed E-state index contributed by atoms with van der Waals surface area (Å²) in [7, 11) is 4.04. The molecule has 296 valence electrons. The number of H-pyrrole nitrogens is 2. The molecule has 2 aliphatic heterocycles. The van der Waals surface area contributed by atoms with Crippen molar-refractivity contribution in [2.24, 2.45) is 5.92 Å². The highest BCUT2D eigenvalue weighted by atomic mass is 16.5. The fourth-order valence-corrected chi connectivity index (χ4v) is 7.35. The van der Waals surface area contributed by atoms with Crippen molar-refractivity contribution in [3.63, 3.8) is 0 Å². The van der Waals surface area contributed by atoms with Gasteiger partial charge in [-0.15, -0.1) is 0 Å². The Kier molecular flexibility index (Phi) is 12.6. The number of imidazole rings is 2. The van der Waals surface area contributed by atoms with E-state index in [0.29, 0.717) is 24.7 Å². The van der Waals surface area contributed by atoms with E-state index in [-0.39, 0.29) is 29.8 Å². The third-order valence-corrected chi connectivity index (χ3v) is 10.8. The molecule has 4 aromatic rings. The van der Waals surface area contributed by atoms with Gasteiger partial charge >= 0.3 is 12.2 Å². The van der Waals surface area contributed by atoms with Gasteiger partial charge in [0, 0.05) is 31.3 Å². The van der Waals surface area contributed by atoms with Crippen LogP contribution < -0.4 is 10.6 Å². The van der Waals surface area contributed by atoms with E-state index in [1.54, 1.807) is 18.0 Å². The number of fused-ring (bicyclic) bond motifs is 1. The van der Waals surface area contributed by atoms with Crippen molar-refractivity contribution in [1.29, 1.82) is 0 Å². The zero-order valence-electron chi connectivity index (χ0n) is 32.7. The number of hydrogen-bond acceptors (Lipinski definition) is 9. The number of carbonyl (C=O) groups excluding carboxylic acids is 4. The molecule has 15 nitrogen and oxygen atoms in total. The van der Waals surface area contributed by atoms with Gasteiger partial charge in [-0.25, -0.2) is 19.6 Å². The maximum atomic E-state index is 13.7. The Labute approximate surface area is 326 Å². The minimum Gasteiger partial charge on any atom is -0.453 e. The van der Waals surface area contributed by atoms with Crippen LogP contribution in [0.15, 0.2) is 48.7 Å². The molecule has 0 bridgehead atoms. The summed E-state index contributed by atoms with van der Waals surface area (Å²) in [5, 5.41) is 5.35. The van der Waals surface area contributed by atoms with Crippen LogP contribution in [-0.4, -0.2) is 106 Å². The lowest BCUT2D eigenvalue weighted by atomic mass is 9.97. The van der Waals surface area contributed by atoms with Gasteiger partial charge in [0.1, 0.15) is 23.7 Å². The highest BCUT2D eigenvalue weighted by Crippen LogP contribution is 2.34. The molecule has 4 N–H and O–H groups in total. The lowest BCUT2D eigenvalue weighted by Gasteiger charge is -2.30. The first-order chi connectivity index (χ1) is 27.0. The Hall–Kier alpha value is -5.88. The van der Waals surface area contributed by atoms with Crippen molar-refractivity contribution in [2.75, 3.05) is 34.4 Å². The first kappa shape index (κ1) is 39.8. The maximum Gasteiger partial charge on any atom is 0.407 e. The summed E-state index contributed by atoms with van der Waals surface area (Å²) < 4.78 is 14.9. The molecule has 6 rings (SSSR count). The molecule has 4 amide bonds. The zero-order valence-corrected chi connectivity index (χ0v) is 32.7. The normalized spacial score (nSPS) is 18.8. The average Bonchev–Trinajstić information content (AvgIpc) is 4.06. The number of alkyl carbamates (subject to hydrolysis) is 2. The van der Waals surface area contributed by atoms with Gasteiger partial charge in [0.25, 0.3) is 0 Å². The van der Waals surface area contributed by atoms with E-state index >= 15 is 0 Å². The zero-order chi connectivity index (χ0) is 39.9. The van der Waals surface area contributed by atoms with E-state index < -0.39 is 30.4 Å². The first-order valence-electron chi connectivity index (χ1n) is 19.0. The van der Waals surface area contributed by atoms with Gasteiger partial charge in [-0.05, 0) is 74.4 Å². The highest BCUT2D eigenvalue weighted by Gasteiger charge is 2.40. The summed E-state index contributed by atoms with van der Waals surface area (Å²) in [6, 6.07) is 11.6. The number of benzene rings is 2. The van der Waals surface area contributed by atoms with Crippen LogP contribution in [0.25, 0.3) is 22.3 Å². The van der Waals surface area contributed by atoms with Crippen molar-refractivity contribution in [3.8, 4) is 23.1 Å². The largest absolute Gasteiger partial charge is 0.453 e. The number of rotatable bonds is 11. The molecule has 0 saturated carbocycles. The second-order valence-electron chi connectivity index (χ2n) is 14.3. The summed E-state index contributed by atoms with van der Waals surface area (Å²) >= 11 is 0. The number of nitrogens with zero attached hydrogens (tertiary/aromatic N) is 4. The summed E-state index contributed by atoms with van der Waals surface area (Å²) in [4.78, 5) is 71.2. The summed E-state index contributed by atoms with van der Waals surface area (Å²) in [6.45, 7) is 6.78. The van der Waals surface area contributed by atoms with E-state index in [0.717, 1.165) is 65.5 Å². The standard InChI is InChI=1S/C41H50N8O7/c1-7-24(2)34(46-40(52)55-5)38(50)48-20-8-10-32(48)36-42-23-31(45-36)28-17-14-26(15-18-28)12-13-27-16-19-29-30(22-27)44-37(43-29)33-11-9-21-49(33)39(51)35(25(3)54-4)47-41(53)56-6/h14-19,22-25,32-35H,7-11,20-21H2,1-6H3,(H,42,45)(H,43,44)(H,46,52)(H,47,53)/t24-,25+,32-,33-,34-,35-/m0/s1. The van der Waals surface area contributed by atoms with Crippen LogP contribution in [-0.2, 0) is 23.8 Å². The first-order valence-corrected chi connectivity index (χ1v) is 19.0. The molecule has 4 heterocycles. The van der Waals surface area contributed by atoms with Gasteiger partial charge < -0.3 is 44.6 Å². The fourth-order valence-electron chi connectivity index (χ4n) is 7.35. The molecule has 2 aliphatic rings. The van der Waals surface area contributed by atoms with E-state index in [4.69, 9.17) is 19.2 Å². The van der Waals surface area contributed by atoms with Gasteiger partial charge in [-0.3, -0.25) is 9.59 Å². The van der Waals surface area contributed by atoms with Crippen LogP contribution in [0.3, 0.4) is 0 Å². The minimum absolute atomic E-state index is 0.0614. The van der Waals surface area contributed by atoms with Crippen LogP contribution in [0.2, 0.25) is 0 Å². The van der Waals surface area contributed by atoms with Crippen molar-refractivity contribution >= 4 is 35.0 Å². The Balaban J connectivity index is 1.12. The number of methoxy groups -OCH3 is 3. The molecule has 6 atom stereocenters. The van der Waals surface area contributed by atoms with Crippen molar-refractivity contribution < 1.29 is 33.4 Å². The molecule has 0 aliphatic carbocycles. The lowest BCUT2D eigenvalue weighted by molar-refractivity contribution is -0.137. The number of carbonyl (C=O) groups is 4. The van der Waals surface area contributed by atoms with Gasteiger partial charge in [0.05, 0.1) is 55.3 Å². The number of aromatic nitrogens is 4. The molecule has 2 aromatic carbocycles. The lowest BCUT2D eigenvalue weighted by Crippen LogP contribution is -2.54. The summed E-state index contributed by atoms with van der Waals surface area (Å²) in [5.74, 6) is 7.42. The molecule has 2 fully saturated rings. The molecule has 0 radical (unpaired) electrons.